The van der Waals surface area contributed by atoms with Crippen LogP contribution < -0.4 is 0 Å². The number of alkyl halides is 1. The van der Waals surface area contributed by atoms with Crippen molar-refractivity contribution >= 4 is 70.7 Å². The summed E-state index contributed by atoms with van der Waals surface area (Å²) < 4.78 is 2.08. The molecule has 1 atom stereocenters. The fraction of sp³-hybridized carbons (Fsp3) is 0.167. The second-order valence-corrected chi connectivity index (χ2v) is 8.41. The average molecular weight is 459 g/mol. The molecule has 0 nitrogen and oxygen atoms in total. The Morgan fingerprint density at radius 1 is 1.24 bits per heavy atom. The van der Waals surface area contributed by atoms with Crippen molar-refractivity contribution in [2.75, 3.05) is 0 Å². The van der Waals surface area contributed by atoms with Crippen molar-refractivity contribution in [2.24, 2.45) is 0 Å². The van der Waals surface area contributed by atoms with Crippen LogP contribution in [-0.2, 0) is 0 Å². The van der Waals surface area contributed by atoms with E-state index in [2.05, 4.69) is 60.8 Å². The lowest BCUT2D eigenvalue weighted by Gasteiger charge is -2.11. The molecule has 0 saturated heterocycles. The fourth-order valence-electron chi connectivity index (χ4n) is 1.56. The van der Waals surface area contributed by atoms with Crippen LogP contribution in [0.25, 0.3) is 0 Å². The number of thiophene rings is 1. The van der Waals surface area contributed by atoms with Crippen LogP contribution in [0.5, 0.6) is 0 Å². The van der Waals surface area contributed by atoms with Crippen molar-refractivity contribution in [1.29, 1.82) is 0 Å². The predicted octanol–water partition coefficient (Wildman–Crippen LogP) is 6.72. The van der Waals surface area contributed by atoms with Gasteiger partial charge in [0.2, 0.25) is 0 Å². The van der Waals surface area contributed by atoms with Gasteiger partial charge in [0.15, 0.2) is 0 Å². The van der Waals surface area contributed by atoms with E-state index < -0.39 is 0 Å². The molecule has 90 valence electrons. The average Bonchev–Trinajstić information content (AvgIpc) is 2.61. The highest BCUT2D eigenvalue weighted by Gasteiger charge is 2.16. The zero-order valence-electron chi connectivity index (χ0n) is 8.81. The van der Waals surface area contributed by atoms with E-state index in [4.69, 9.17) is 11.6 Å². The summed E-state index contributed by atoms with van der Waals surface area (Å²) in [6, 6.07) is 8.15. The zero-order chi connectivity index (χ0) is 12.6. The maximum atomic E-state index is 6.00. The van der Waals surface area contributed by atoms with Crippen LogP contribution in [0.15, 0.2) is 32.5 Å². The predicted molar refractivity (Wildman–Crippen MR) is 86.7 cm³/mol. The van der Waals surface area contributed by atoms with Gasteiger partial charge >= 0.3 is 0 Å². The van der Waals surface area contributed by atoms with Gasteiger partial charge in [-0.05, 0) is 68.1 Å². The number of rotatable bonds is 2. The van der Waals surface area contributed by atoms with E-state index in [1.807, 2.05) is 18.2 Å². The molecular weight excluding hydrogens is 451 g/mol. The van der Waals surface area contributed by atoms with Crippen LogP contribution in [0.2, 0.25) is 5.02 Å². The number of hydrogen-bond acceptors (Lipinski definition) is 1. The lowest BCUT2D eigenvalue weighted by Crippen LogP contribution is -1.92. The van der Waals surface area contributed by atoms with Gasteiger partial charge in [0, 0.05) is 9.35 Å². The molecule has 5 heteroatoms. The zero-order valence-corrected chi connectivity index (χ0v) is 15.1. The molecule has 0 spiro atoms. The maximum absolute atomic E-state index is 6.00. The minimum atomic E-state index is 0.193. The summed E-state index contributed by atoms with van der Waals surface area (Å²) in [6.45, 7) is 2.13. The molecule has 0 bridgehead atoms. The number of hydrogen-bond donors (Lipinski definition) is 0. The Balaban J connectivity index is 2.40. The first-order valence-corrected chi connectivity index (χ1v) is 8.53. The van der Waals surface area contributed by atoms with Gasteiger partial charge in [-0.15, -0.1) is 11.3 Å². The monoisotopic (exact) mass is 456 g/mol. The van der Waals surface area contributed by atoms with Crippen LogP contribution in [0.3, 0.4) is 0 Å². The topological polar surface area (TPSA) is 0 Å². The molecule has 0 amide bonds. The Hall–Kier alpha value is 0.650. The van der Waals surface area contributed by atoms with E-state index >= 15 is 0 Å². The molecule has 0 fully saturated rings. The van der Waals surface area contributed by atoms with Gasteiger partial charge in [0.25, 0.3) is 0 Å². The van der Waals surface area contributed by atoms with Gasteiger partial charge in [-0.3, -0.25) is 0 Å². The van der Waals surface area contributed by atoms with Gasteiger partial charge in [0.05, 0.1) is 13.6 Å². The SMILES string of the molecule is Cc1sc(Br)cc1C(Br)c1ccc(Cl)c(Br)c1. The Morgan fingerprint density at radius 3 is 2.47 bits per heavy atom. The van der Waals surface area contributed by atoms with E-state index in [0.717, 1.165) is 13.3 Å². The number of aryl methyl sites for hydroxylation is 1. The summed E-state index contributed by atoms with van der Waals surface area (Å²) in [5.74, 6) is 0. The van der Waals surface area contributed by atoms with Crippen molar-refractivity contribution in [3.05, 3.63) is 53.6 Å². The van der Waals surface area contributed by atoms with Gasteiger partial charge in [-0.25, -0.2) is 0 Å². The molecule has 0 radical (unpaired) electrons. The highest BCUT2D eigenvalue weighted by molar-refractivity contribution is 9.11. The van der Waals surface area contributed by atoms with Crippen molar-refractivity contribution in [3.8, 4) is 0 Å². The fourth-order valence-corrected chi connectivity index (χ4v) is 4.73. The third kappa shape index (κ3) is 3.16. The molecule has 1 unspecified atom stereocenters. The molecule has 0 N–H and O–H groups in total. The molecule has 0 saturated carbocycles. The molecule has 1 aromatic heterocycles. The molecule has 2 rings (SSSR count). The highest BCUT2D eigenvalue weighted by atomic mass is 79.9. The summed E-state index contributed by atoms with van der Waals surface area (Å²) in [5, 5.41) is 0.733. The summed E-state index contributed by atoms with van der Waals surface area (Å²) in [7, 11) is 0. The van der Waals surface area contributed by atoms with Crippen LogP contribution in [-0.4, -0.2) is 0 Å². The van der Waals surface area contributed by atoms with Gasteiger partial charge in [-0.1, -0.05) is 33.6 Å². The van der Waals surface area contributed by atoms with Crippen LogP contribution in [0.1, 0.15) is 20.8 Å². The minimum absolute atomic E-state index is 0.193. The molecule has 1 heterocycles. The normalized spacial score (nSPS) is 12.8. The highest BCUT2D eigenvalue weighted by Crippen LogP contribution is 2.39. The van der Waals surface area contributed by atoms with Gasteiger partial charge < -0.3 is 0 Å². The second kappa shape index (κ2) is 5.74. The summed E-state index contributed by atoms with van der Waals surface area (Å²) in [6.07, 6.45) is 0. The van der Waals surface area contributed by atoms with E-state index in [9.17, 15) is 0 Å². The van der Waals surface area contributed by atoms with Crippen molar-refractivity contribution in [3.63, 3.8) is 0 Å². The summed E-state index contributed by atoms with van der Waals surface area (Å²) >= 11 is 18.5. The van der Waals surface area contributed by atoms with Crippen molar-refractivity contribution in [2.45, 2.75) is 11.8 Å². The van der Waals surface area contributed by atoms with Crippen LogP contribution in [0, 0.1) is 6.92 Å². The standard InChI is InChI=1S/C12H8Br3ClS/c1-6-8(5-11(14)17-6)12(15)7-2-3-10(16)9(13)4-7/h2-5,12H,1H3. The second-order valence-electron chi connectivity index (χ2n) is 3.60. The Morgan fingerprint density at radius 2 is 1.94 bits per heavy atom. The minimum Gasteiger partial charge on any atom is -0.133 e. The third-order valence-electron chi connectivity index (χ3n) is 2.44. The van der Waals surface area contributed by atoms with Gasteiger partial charge in [-0.2, -0.15) is 0 Å². The first-order chi connectivity index (χ1) is 7.99. The van der Waals surface area contributed by atoms with E-state index in [-0.39, 0.29) is 4.83 Å². The van der Waals surface area contributed by atoms with E-state index in [1.54, 1.807) is 11.3 Å². The first-order valence-electron chi connectivity index (χ1n) is 4.84. The van der Waals surface area contributed by atoms with Crippen LogP contribution >= 0.6 is 70.7 Å². The van der Waals surface area contributed by atoms with E-state index in [1.165, 1.54) is 16.0 Å². The molecular formula is C12H8Br3ClS. The third-order valence-corrected chi connectivity index (χ3v) is 6.24. The smallest absolute Gasteiger partial charge is 0.0704 e. The number of halogens is 4. The Kier molecular flexibility index (Phi) is 4.75. The lowest BCUT2D eigenvalue weighted by molar-refractivity contribution is 1.17. The maximum Gasteiger partial charge on any atom is 0.0704 e. The molecule has 0 aliphatic rings. The molecule has 0 aliphatic carbocycles. The Bertz CT molecular complexity index is 551. The van der Waals surface area contributed by atoms with Crippen LogP contribution in [0.4, 0.5) is 0 Å². The quantitative estimate of drug-likeness (QED) is 0.438. The summed E-state index contributed by atoms with van der Waals surface area (Å²) in [5.41, 5.74) is 2.48. The first kappa shape index (κ1) is 14.1. The van der Waals surface area contributed by atoms with E-state index in [0.29, 0.717) is 0 Å². The largest absolute Gasteiger partial charge is 0.133 e. The lowest BCUT2D eigenvalue weighted by atomic mass is 10.1. The summed E-state index contributed by atoms with van der Waals surface area (Å²) in [4.78, 5) is 1.50. The molecule has 2 aromatic rings. The van der Waals surface area contributed by atoms with Crippen molar-refractivity contribution < 1.29 is 0 Å². The molecule has 17 heavy (non-hydrogen) atoms. The number of benzene rings is 1. The molecule has 0 aliphatic heterocycles. The molecule has 1 aromatic carbocycles. The van der Waals surface area contributed by atoms with Gasteiger partial charge in [0.1, 0.15) is 0 Å². The Labute approximate surface area is 135 Å². The van der Waals surface area contributed by atoms with Crippen molar-refractivity contribution in [1.82, 2.24) is 0 Å².